The molecule has 0 spiro atoms. The number of allylic oxidation sites excluding steroid dienone is 1. The zero-order valence-electron chi connectivity index (χ0n) is 10.7. The number of rotatable bonds is 1. The van der Waals surface area contributed by atoms with Crippen molar-refractivity contribution in [3.8, 4) is 0 Å². The lowest BCUT2D eigenvalue weighted by molar-refractivity contribution is 1.28. The third-order valence-electron chi connectivity index (χ3n) is 3.87. The lowest BCUT2D eigenvalue weighted by Crippen LogP contribution is -1.89. The highest BCUT2D eigenvalue weighted by Gasteiger charge is 2.22. The molecule has 1 aromatic heterocycles. The van der Waals surface area contributed by atoms with Crippen LogP contribution in [-0.4, -0.2) is 4.98 Å². The Balaban J connectivity index is 2.11. The van der Waals surface area contributed by atoms with Crippen LogP contribution in [0.4, 0.5) is 0 Å². The van der Waals surface area contributed by atoms with E-state index in [1.54, 1.807) is 0 Å². The van der Waals surface area contributed by atoms with Gasteiger partial charge in [0.1, 0.15) is 0 Å². The number of nitrogens with zero attached hydrogens (tertiary/aromatic N) is 1. The fourth-order valence-corrected chi connectivity index (χ4v) is 3.04. The van der Waals surface area contributed by atoms with E-state index in [0.29, 0.717) is 0 Å². The molecule has 90 valence electrons. The van der Waals surface area contributed by atoms with Crippen molar-refractivity contribution in [3.05, 3.63) is 77.6 Å². The number of hydrogen-bond donors (Lipinski definition) is 0. The normalized spacial score (nSPS) is 13.3. The van der Waals surface area contributed by atoms with Gasteiger partial charge in [0.2, 0.25) is 0 Å². The molecule has 0 amide bonds. The Labute approximate surface area is 112 Å². The Bertz CT molecular complexity index is 808. The maximum Gasteiger partial charge on any atom is 0.0711 e. The quantitative estimate of drug-likeness (QED) is 0.612. The van der Waals surface area contributed by atoms with Crippen LogP contribution in [0.2, 0.25) is 0 Å². The van der Waals surface area contributed by atoms with Gasteiger partial charge in [-0.3, -0.25) is 4.98 Å². The summed E-state index contributed by atoms with van der Waals surface area (Å²) in [6, 6.07) is 19.1. The van der Waals surface area contributed by atoms with E-state index in [4.69, 9.17) is 0 Å². The molecular formula is C18H13N. The largest absolute Gasteiger partial charge is 0.256 e. The van der Waals surface area contributed by atoms with E-state index in [-0.39, 0.29) is 0 Å². The lowest BCUT2D eigenvalue weighted by Gasteiger charge is -2.05. The van der Waals surface area contributed by atoms with Crippen LogP contribution in [0.3, 0.4) is 0 Å². The van der Waals surface area contributed by atoms with Crippen molar-refractivity contribution >= 4 is 21.9 Å². The highest BCUT2D eigenvalue weighted by molar-refractivity contribution is 6.16. The molecule has 2 aromatic carbocycles. The van der Waals surface area contributed by atoms with E-state index < -0.39 is 0 Å². The highest BCUT2D eigenvalue weighted by atomic mass is 14.7. The summed E-state index contributed by atoms with van der Waals surface area (Å²) < 4.78 is 0. The van der Waals surface area contributed by atoms with Crippen molar-refractivity contribution in [1.29, 1.82) is 0 Å². The van der Waals surface area contributed by atoms with Gasteiger partial charge in [-0.1, -0.05) is 42.5 Å². The molecule has 1 heteroatoms. The Morgan fingerprint density at radius 1 is 0.789 bits per heavy atom. The first kappa shape index (κ1) is 10.5. The second-order valence-corrected chi connectivity index (χ2v) is 4.92. The molecule has 1 nitrogen and oxygen atoms in total. The predicted molar refractivity (Wildman–Crippen MR) is 79.8 cm³/mol. The molecule has 3 aromatic rings. The number of pyridine rings is 1. The minimum absolute atomic E-state index is 1.06. The molecule has 0 radical (unpaired) electrons. The van der Waals surface area contributed by atoms with Gasteiger partial charge in [-0.05, 0) is 46.5 Å². The molecule has 0 N–H and O–H groups in total. The third-order valence-corrected chi connectivity index (χ3v) is 3.87. The first-order valence-electron chi connectivity index (χ1n) is 6.51. The fourth-order valence-electron chi connectivity index (χ4n) is 3.04. The molecule has 0 saturated carbocycles. The molecule has 0 bridgehead atoms. The minimum Gasteiger partial charge on any atom is -0.256 e. The number of benzene rings is 2. The summed E-state index contributed by atoms with van der Waals surface area (Å²) in [5.74, 6) is 0. The van der Waals surface area contributed by atoms with Crippen LogP contribution in [0.25, 0.3) is 21.9 Å². The molecule has 0 fully saturated rings. The second-order valence-electron chi connectivity index (χ2n) is 4.92. The van der Waals surface area contributed by atoms with Crippen LogP contribution in [0, 0.1) is 0 Å². The van der Waals surface area contributed by atoms with Crippen molar-refractivity contribution in [1.82, 2.24) is 4.98 Å². The highest BCUT2D eigenvalue weighted by Crippen LogP contribution is 2.43. The topological polar surface area (TPSA) is 12.9 Å². The maximum absolute atomic E-state index is 4.52. The summed E-state index contributed by atoms with van der Waals surface area (Å²) in [7, 11) is 0. The van der Waals surface area contributed by atoms with Crippen molar-refractivity contribution < 1.29 is 0 Å². The van der Waals surface area contributed by atoms with Gasteiger partial charge < -0.3 is 0 Å². The minimum atomic E-state index is 1.06. The van der Waals surface area contributed by atoms with Gasteiger partial charge in [-0.15, -0.1) is 0 Å². The molecule has 1 heterocycles. The summed E-state index contributed by atoms with van der Waals surface area (Å²) in [5, 5.41) is 2.67. The molecule has 0 unspecified atom stereocenters. The van der Waals surface area contributed by atoms with Crippen molar-refractivity contribution in [2.45, 2.75) is 6.92 Å². The van der Waals surface area contributed by atoms with Gasteiger partial charge in [-0.25, -0.2) is 0 Å². The number of hydrogen-bond acceptors (Lipinski definition) is 1. The predicted octanol–water partition coefficient (Wildman–Crippen LogP) is 4.53. The molecule has 0 atom stereocenters. The van der Waals surface area contributed by atoms with E-state index in [0.717, 1.165) is 5.69 Å². The van der Waals surface area contributed by atoms with E-state index in [1.807, 2.05) is 18.3 Å². The van der Waals surface area contributed by atoms with Gasteiger partial charge in [0.15, 0.2) is 0 Å². The monoisotopic (exact) mass is 243 g/mol. The van der Waals surface area contributed by atoms with Gasteiger partial charge in [0, 0.05) is 11.8 Å². The van der Waals surface area contributed by atoms with Gasteiger partial charge in [-0.2, -0.15) is 0 Å². The number of aromatic nitrogens is 1. The average molecular weight is 243 g/mol. The fraction of sp³-hybridized carbons (Fsp3) is 0.0556. The first-order valence-corrected chi connectivity index (χ1v) is 6.51. The SMILES string of the molecule is CC1=C(c2ccccn2)c2cccc3cccc1c23. The molecule has 4 rings (SSSR count). The first-order chi connectivity index (χ1) is 9.36. The van der Waals surface area contributed by atoms with Crippen molar-refractivity contribution in [2.75, 3.05) is 0 Å². The molecule has 1 aliphatic rings. The van der Waals surface area contributed by atoms with E-state index >= 15 is 0 Å². The standard InChI is InChI=1S/C18H13N/c1-12-14-8-4-6-13-7-5-9-15(18(13)14)17(12)16-10-2-3-11-19-16/h2-11H,1H3. The summed E-state index contributed by atoms with van der Waals surface area (Å²) in [4.78, 5) is 4.52. The molecule has 0 saturated heterocycles. The second kappa shape index (κ2) is 3.79. The van der Waals surface area contributed by atoms with Crippen LogP contribution in [-0.2, 0) is 0 Å². The summed E-state index contributed by atoms with van der Waals surface area (Å²) in [6.07, 6.45) is 1.86. The summed E-state index contributed by atoms with van der Waals surface area (Å²) in [6.45, 7) is 2.19. The molecule has 19 heavy (non-hydrogen) atoms. The zero-order chi connectivity index (χ0) is 12.8. The van der Waals surface area contributed by atoms with Crippen LogP contribution < -0.4 is 0 Å². The summed E-state index contributed by atoms with van der Waals surface area (Å²) in [5.41, 5.74) is 6.31. The van der Waals surface area contributed by atoms with E-state index in [1.165, 1.54) is 33.0 Å². The van der Waals surface area contributed by atoms with Gasteiger partial charge >= 0.3 is 0 Å². The van der Waals surface area contributed by atoms with Crippen LogP contribution in [0.5, 0.6) is 0 Å². The molecule has 1 aliphatic carbocycles. The summed E-state index contributed by atoms with van der Waals surface area (Å²) >= 11 is 0. The van der Waals surface area contributed by atoms with Crippen LogP contribution >= 0.6 is 0 Å². The Morgan fingerprint density at radius 3 is 2.32 bits per heavy atom. The van der Waals surface area contributed by atoms with Gasteiger partial charge in [0.25, 0.3) is 0 Å². The Morgan fingerprint density at radius 2 is 1.58 bits per heavy atom. The van der Waals surface area contributed by atoms with Crippen molar-refractivity contribution in [3.63, 3.8) is 0 Å². The van der Waals surface area contributed by atoms with Crippen molar-refractivity contribution in [2.24, 2.45) is 0 Å². The Hall–Kier alpha value is -2.41. The van der Waals surface area contributed by atoms with Gasteiger partial charge in [0.05, 0.1) is 5.69 Å². The van der Waals surface area contributed by atoms with E-state index in [2.05, 4.69) is 54.4 Å². The Kier molecular flexibility index (Phi) is 2.10. The zero-order valence-corrected chi connectivity index (χ0v) is 10.7. The smallest absolute Gasteiger partial charge is 0.0711 e. The van der Waals surface area contributed by atoms with Crippen LogP contribution in [0.15, 0.2) is 60.8 Å². The molecular weight excluding hydrogens is 230 g/mol. The van der Waals surface area contributed by atoms with E-state index in [9.17, 15) is 0 Å². The third kappa shape index (κ3) is 1.39. The van der Waals surface area contributed by atoms with Crippen LogP contribution in [0.1, 0.15) is 23.7 Å². The average Bonchev–Trinajstić information content (AvgIpc) is 2.76. The maximum atomic E-state index is 4.52. The molecule has 0 aliphatic heterocycles. The lowest BCUT2D eigenvalue weighted by atomic mass is 10.0.